The van der Waals surface area contributed by atoms with Gasteiger partial charge in [-0.3, -0.25) is 0 Å². The Morgan fingerprint density at radius 3 is 1.50 bits per heavy atom. The quantitative estimate of drug-likeness (QED) is 0.441. The van der Waals surface area contributed by atoms with Crippen LogP contribution in [0.25, 0.3) is 0 Å². The summed E-state index contributed by atoms with van der Waals surface area (Å²) in [4.78, 5) is 0. The molecule has 0 aliphatic heterocycles. The molecule has 0 aromatic carbocycles. The fourth-order valence-corrected chi connectivity index (χ4v) is 0. The summed E-state index contributed by atoms with van der Waals surface area (Å²) in [6.07, 6.45) is 0. The molecule has 0 amide bonds. The Balaban J connectivity index is -0.000000000833. The van der Waals surface area contributed by atoms with E-state index in [2.05, 4.69) is 0 Å². The normalized spacial score (nSPS) is 1.00. The van der Waals surface area contributed by atoms with E-state index in [1.165, 1.54) is 0 Å². The summed E-state index contributed by atoms with van der Waals surface area (Å²) in [5.41, 5.74) is 0. The summed E-state index contributed by atoms with van der Waals surface area (Å²) in [5, 5.41) is 0. The first-order valence-electron chi connectivity index (χ1n) is 0.154. The zero-order chi connectivity index (χ0) is 2.00. The fraction of sp³-hybridized carbons (Fsp3) is 0. The van der Waals surface area contributed by atoms with E-state index in [1.54, 1.807) is 15.9 Å². The van der Waals surface area contributed by atoms with Gasteiger partial charge in [-0.2, -0.15) is 0 Å². The van der Waals surface area contributed by atoms with Crippen molar-refractivity contribution in [1.82, 2.24) is 0 Å². The maximum atomic E-state index is 8.06. The second-order valence-corrected chi connectivity index (χ2v) is 0. The standard InChI is InChI=1S/Mg.Mn.Ni.O.2H/q+2;;;;2*-1. The summed E-state index contributed by atoms with van der Waals surface area (Å²) in [5.74, 6) is 0. The monoisotopic (exact) mass is 155 g/mol. The first-order valence-corrected chi connectivity index (χ1v) is 0.636. The molecule has 0 fully saturated rings. The van der Waals surface area contributed by atoms with E-state index >= 15 is 0 Å². The van der Waals surface area contributed by atoms with Gasteiger partial charge in [0, 0.05) is 16.5 Å². The molecule has 0 N–H and O–H groups in total. The van der Waals surface area contributed by atoms with E-state index in [0.717, 1.165) is 0 Å². The predicted molar refractivity (Wildman–Crippen MR) is 8.66 cm³/mol. The fourth-order valence-electron chi connectivity index (χ4n) is 0. The molecular formula is H2MgMnNiO. The second kappa shape index (κ2) is 23.5. The van der Waals surface area contributed by atoms with E-state index in [-0.39, 0.29) is 42.4 Å². The average Bonchev–Trinajstić information content (AvgIpc) is 1.00. The van der Waals surface area contributed by atoms with Crippen LogP contribution in [-0.2, 0) is 36.3 Å². The van der Waals surface area contributed by atoms with E-state index in [0.29, 0.717) is 0 Å². The first kappa shape index (κ1) is 17.6. The third-order valence-corrected chi connectivity index (χ3v) is 0. The number of rotatable bonds is 0. The molecule has 0 radical (unpaired) electrons. The van der Waals surface area contributed by atoms with Crippen molar-refractivity contribution in [2.24, 2.45) is 0 Å². The first-order chi connectivity index (χ1) is 1.00. The van der Waals surface area contributed by atoms with Gasteiger partial charge in [0.1, 0.15) is 0 Å². The van der Waals surface area contributed by atoms with Crippen LogP contribution in [0.15, 0.2) is 0 Å². The summed E-state index contributed by atoms with van der Waals surface area (Å²) in [6.45, 7) is 0. The van der Waals surface area contributed by atoms with Gasteiger partial charge in [0.05, 0.1) is 0 Å². The molecule has 0 unspecified atom stereocenters. The van der Waals surface area contributed by atoms with Gasteiger partial charge < -0.3 is 2.85 Å². The van der Waals surface area contributed by atoms with Gasteiger partial charge in [0.25, 0.3) is 0 Å². The summed E-state index contributed by atoms with van der Waals surface area (Å²) in [6, 6.07) is 0. The Labute approximate surface area is 62.0 Å². The molecule has 0 atom stereocenters. The molecule has 0 aromatic rings. The molecule has 4 heteroatoms. The van der Waals surface area contributed by atoms with Crippen LogP contribution in [0.4, 0.5) is 0 Å². The van der Waals surface area contributed by atoms with Crippen molar-refractivity contribution in [2.45, 2.75) is 0 Å². The van der Waals surface area contributed by atoms with Crippen LogP contribution in [0.1, 0.15) is 2.85 Å². The van der Waals surface area contributed by atoms with E-state index < -0.39 is 0 Å². The van der Waals surface area contributed by atoms with Crippen LogP contribution < -0.4 is 0 Å². The molecule has 0 spiro atoms. The summed E-state index contributed by atoms with van der Waals surface area (Å²) in [7, 11) is 0. The Kier molecular flexibility index (Phi) is 103. The molecule has 0 aromatic heterocycles. The van der Waals surface area contributed by atoms with Gasteiger partial charge in [-0.05, 0) is 0 Å². The van der Waals surface area contributed by atoms with Crippen LogP contribution in [0.2, 0.25) is 0 Å². The van der Waals surface area contributed by atoms with Crippen molar-refractivity contribution in [1.29, 1.82) is 0 Å². The number of hydrogen-bond acceptors (Lipinski definition) is 1. The molecule has 0 bridgehead atoms. The topological polar surface area (TPSA) is 17.1 Å². The Morgan fingerprint density at radius 2 is 1.50 bits per heavy atom. The molecule has 27 valence electrons. The SMILES string of the molecule is [H-].[H-].[Mg+2].[Ni].[O]=[Mn]. The maximum absolute atomic E-state index is 8.06. The predicted octanol–water partition coefficient (Wildman–Crippen LogP) is -0.280. The van der Waals surface area contributed by atoms with Crippen molar-refractivity contribution in [3.05, 3.63) is 0 Å². The van der Waals surface area contributed by atoms with Crippen LogP contribution in [0, 0.1) is 0 Å². The van der Waals surface area contributed by atoms with Crippen molar-refractivity contribution < 1.29 is 39.1 Å². The third-order valence-electron chi connectivity index (χ3n) is 0. The van der Waals surface area contributed by atoms with Crippen LogP contribution in [0.5, 0.6) is 0 Å². The molecule has 0 aliphatic rings. The van der Waals surface area contributed by atoms with E-state index in [1.807, 2.05) is 0 Å². The minimum absolute atomic E-state index is 0. The minimum atomic E-state index is 0. The summed E-state index contributed by atoms with van der Waals surface area (Å²) >= 11 is 1.69. The zero-order valence-electron chi connectivity index (χ0n) is 3.81. The van der Waals surface area contributed by atoms with Crippen LogP contribution in [0.3, 0.4) is 0 Å². The van der Waals surface area contributed by atoms with E-state index in [9.17, 15) is 0 Å². The molecule has 4 heavy (non-hydrogen) atoms. The Bertz CT molecular complexity index is 13.5. The Morgan fingerprint density at radius 1 is 1.50 bits per heavy atom. The van der Waals surface area contributed by atoms with Crippen LogP contribution >= 0.6 is 0 Å². The van der Waals surface area contributed by atoms with Crippen LogP contribution in [-0.4, -0.2) is 23.1 Å². The van der Waals surface area contributed by atoms with Crippen molar-refractivity contribution in [2.75, 3.05) is 0 Å². The molecule has 0 heterocycles. The molecular weight excluding hydrogens is 154 g/mol. The third kappa shape index (κ3) is 9.55. The van der Waals surface area contributed by atoms with Crippen molar-refractivity contribution in [3.8, 4) is 0 Å². The van der Waals surface area contributed by atoms with Gasteiger partial charge in [0.15, 0.2) is 0 Å². The molecule has 0 aliphatic carbocycles. The molecule has 0 saturated carbocycles. The van der Waals surface area contributed by atoms with Gasteiger partial charge in [0.2, 0.25) is 0 Å². The molecule has 1 nitrogen and oxygen atoms in total. The molecule has 0 rings (SSSR count). The second-order valence-electron chi connectivity index (χ2n) is 0. The van der Waals surface area contributed by atoms with Crippen molar-refractivity contribution in [3.63, 3.8) is 0 Å². The van der Waals surface area contributed by atoms with Gasteiger partial charge in [-0.25, -0.2) is 0 Å². The summed E-state index contributed by atoms with van der Waals surface area (Å²) < 4.78 is 8.06. The van der Waals surface area contributed by atoms with Gasteiger partial charge in [-0.15, -0.1) is 0 Å². The van der Waals surface area contributed by atoms with Gasteiger partial charge in [-0.1, -0.05) is 0 Å². The zero-order valence-corrected chi connectivity index (χ0v) is 5.39. The average molecular weight is 156 g/mol. The van der Waals surface area contributed by atoms with E-state index in [4.69, 9.17) is 3.83 Å². The van der Waals surface area contributed by atoms with Gasteiger partial charge >= 0.3 is 42.8 Å². The molecule has 0 saturated heterocycles. The Hall–Kier alpha value is 1.58. The van der Waals surface area contributed by atoms with Crippen molar-refractivity contribution >= 4 is 23.1 Å². The number of hydrogen-bond donors (Lipinski definition) is 0.